The van der Waals surface area contributed by atoms with E-state index in [0.717, 1.165) is 23.4 Å². The minimum Gasteiger partial charge on any atom is -0.351 e. The van der Waals surface area contributed by atoms with Crippen molar-refractivity contribution in [1.82, 2.24) is 15.3 Å². The molecule has 0 unspecified atom stereocenters. The number of thioether (sulfide) groups is 1. The van der Waals surface area contributed by atoms with Crippen LogP contribution in [0.3, 0.4) is 0 Å². The van der Waals surface area contributed by atoms with Crippen LogP contribution in [-0.4, -0.2) is 21.6 Å². The van der Waals surface area contributed by atoms with Gasteiger partial charge in [0.15, 0.2) is 5.16 Å². The van der Waals surface area contributed by atoms with Gasteiger partial charge >= 0.3 is 6.18 Å². The van der Waals surface area contributed by atoms with Crippen LogP contribution in [0, 0.1) is 0 Å². The van der Waals surface area contributed by atoms with Crippen LogP contribution in [0.15, 0.2) is 71.9 Å². The van der Waals surface area contributed by atoms with E-state index in [0.29, 0.717) is 12.1 Å². The lowest BCUT2D eigenvalue weighted by atomic mass is 10.1. The molecule has 8 heteroatoms. The van der Waals surface area contributed by atoms with Crippen molar-refractivity contribution in [2.24, 2.45) is 0 Å². The molecule has 28 heavy (non-hydrogen) atoms. The summed E-state index contributed by atoms with van der Waals surface area (Å²) in [6, 6.07) is 18.8. The Labute approximate surface area is 164 Å². The van der Waals surface area contributed by atoms with Gasteiger partial charge in [-0.3, -0.25) is 4.79 Å². The molecule has 0 aliphatic rings. The molecule has 0 aliphatic carbocycles. The summed E-state index contributed by atoms with van der Waals surface area (Å²) in [7, 11) is 0. The maximum Gasteiger partial charge on any atom is 0.433 e. The summed E-state index contributed by atoms with van der Waals surface area (Å²) in [5.41, 5.74) is 0.608. The highest BCUT2D eigenvalue weighted by molar-refractivity contribution is 7.99. The van der Waals surface area contributed by atoms with E-state index in [1.807, 2.05) is 30.3 Å². The minimum atomic E-state index is -4.60. The van der Waals surface area contributed by atoms with Crippen molar-refractivity contribution in [1.29, 1.82) is 0 Å². The predicted octanol–water partition coefficient (Wildman–Crippen LogP) is 4.57. The lowest BCUT2D eigenvalue weighted by molar-refractivity contribution is -0.141. The van der Waals surface area contributed by atoms with Crippen LogP contribution in [0.4, 0.5) is 13.2 Å². The summed E-state index contributed by atoms with van der Waals surface area (Å²) in [4.78, 5) is 19.8. The van der Waals surface area contributed by atoms with Crippen molar-refractivity contribution in [3.63, 3.8) is 0 Å². The molecular weight excluding hydrogens is 387 g/mol. The van der Waals surface area contributed by atoms with Gasteiger partial charge in [0, 0.05) is 12.1 Å². The standard InChI is InChI=1S/C20H16F3N3OS/c21-20(22,23)17-11-16(15-9-5-2-6-10-15)25-19(26-17)28-13-18(27)24-12-14-7-3-1-4-8-14/h1-11H,12-13H2,(H,24,27). The average Bonchev–Trinajstić information content (AvgIpc) is 2.71. The van der Waals surface area contributed by atoms with Crippen molar-refractivity contribution >= 4 is 17.7 Å². The molecule has 3 aromatic rings. The second-order valence-electron chi connectivity index (χ2n) is 5.84. The van der Waals surface area contributed by atoms with Crippen LogP contribution < -0.4 is 5.32 Å². The van der Waals surface area contributed by atoms with Gasteiger partial charge in [0.1, 0.15) is 5.69 Å². The molecular formula is C20H16F3N3OS. The topological polar surface area (TPSA) is 54.9 Å². The number of rotatable bonds is 6. The quantitative estimate of drug-likeness (QED) is 0.484. The van der Waals surface area contributed by atoms with Crippen molar-refractivity contribution < 1.29 is 18.0 Å². The Hall–Kier alpha value is -2.87. The van der Waals surface area contributed by atoms with E-state index in [-0.39, 0.29) is 22.5 Å². The maximum atomic E-state index is 13.2. The number of carbonyl (C=O) groups excluding carboxylic acids is 1. The van der Waals surface area contributed by atoms with E-state index in [1.165, 1.54) is 0 Å². The summed E-state index contributed by atoms with van der Waals surface area (Å²) in [5.74, 6) is -0.390. The fourth-order valence-corrected chi connectivity index (χ4v) is 3.06. The fraction of sp³-hybridized carbons (Fsp3) is 0.150. The van der Waals surface area contributed by atoms with E-state index in [1.54, 1.807) is 30.3 Å². The SMILES string of the molecule is O=C(CSc1nc(-c2ccccc2)cc(C(F)(F)F)n1)NCc1ccccc1. The number of carbonyl (C=O) groups is 1. The summed E-state index contributed by atoms with van der Waals surface area (Å²) < 4.78 is 39.6. The smallest absolute Gasteiger partial charge is 0.351 e. The Balaban J connectivity index is 1.71. The summed E-state index contributed by atoms with van der Waals surface area (Å²) in [6.45, 7) is 0.346. The zero-order chi connectivity index (χ0) is 20.0. The third-order valence-electron chi connectivity index (χ3n) is 3.73. The van der Waals surface area contributed by atoms with Crippen LogP contribution in [0.5, 0.6) is 0 Å². The Morgan fingerprint density at radius 2 is 1.61 bits per heavy atom. The summed E-state index contributed by atoms with van der Waals surface area (Å²) >= 11 is 0.869. The molecule has 4 nitrogen and oxygen atoms in total. The molecule has 1 heterocycles. The van der Waals surface area contributed by atoms with Gasteiger partial charge in [-0.15, -0.1) is 0 Å². The molecule has 1 amide bonds. The lowest BCUT2D eigenvalue weighted by Crippen LogP contribution is -2.24. The van der Waals surface area contributed by atoms with Crippen LogP contribution in [0.25, 0.3) is 11.3 Å². The third-order valence-corrected chi connectivity index (χ3v) is 4.58. The van der Waals surface area contributed by atoms with E-state index in [9.17, 15) is 18.0 Å². The van der Waals surface area contributed by atoms with Gasteiger partial charge in [-0.25, -0.2) is 9.97 Å². The first kappa shape index (κ1) is 19.9. The second kappa shape index (κ2) is 8.88. The molecule has 0 saturated heterocycles. The van der Waals surface area contributed by atoms with Gasteiger partial charge in [-0.05, 0) is 11.6 Å². The van der Waals surface area contributed by atoms with E-state index >= 15 is 0 Å². The Bertz CT molecular complexity index is 934. The monoisotopic (exact) mass is 403 g/mol. The van der Waals surface area contributed by atoms with Gasteiger partial charge < -0.3 is 5.32 Å². The Kier molecular flexibility index (Phi) is 6.30. The van der Waals surface area contributed by atoms with E-state index in [2.05, 4.69) is 15.3 Å². The molecule has 1 aromatic heterocycles. The van der Waals surface area contributed by atoms with Crippen molar-refractivity contribution in [2.75, 3.05) is 5.75 Å². The Morgan fingerprint density at radius 3 is 2.25 bits per heavy atom. The largest absolute Gasteiger partial charge is 0.433 e. The number of hydrogen-bond donors (Lipinski definition) is 1. The second-order valence-corrected chi connectivity index (χ2v) is 6.78. The van der Waals surface area contributed by atoms with Gasteiger partial charge in [0.25, 0.3) is 0 Å². The molecule has 144 valence electrons. The van der Waals surface area contributed by atoms with Gasteiger partial charge in [-0.1, -0.05) is 72.4 Å². The first-order chi connectivity index (χ1) is 13.4. The van der Waals surface area contributed by atoms with Crippen LogP contribution in [-0.2, 0) is 17.5 Å². The minimum absolute atomic E-state index is 0.0810. The zero-order valence-corrected chi connectivity index (χ0v) is 15.4. The number of amides is 1. The van der Waals surface area contributed by atoms with Gasteiger partial charge in [-0.2, -0.15) is 13.2 Å². The van der Waals surface area contributed by atoms with Crippen molar-refractivity contribution in [2.45, 2.75) is 17.9 Å². The summed E-state index contributed by atoms with van der Waals surface area (Å²) in [5, 5.41) is 2.63. The first-order valence-electron chi connectivity index (χ1n) is 8.37. The molecule has 0 spiro atoms. The molecule has 1 N–H and O–H groups in total. The molecule has 0 bridgehead atoms. The van der Waals surface area contributed by atoms with Crippen LogP contribution in [0.1, 0.15) is 11.3 Å². The molecule has 2 aromatic carbocycles. The molecule has 0 aliphatic heterocycles. The number of aromatic nitrogens is 2. The number of nitrogens with one attached hydrogen (secondary N) is 1. The highest BCUT2D eigenvalue weighted by Crippen LogP contribution is 2.31. The number of nitrogens with zero attached hydrogens (tertiary/aromatic N) is 2. The first-order valence-corrected chi connectivity index (χ1v) is 9.35. The van der Waals surface area contributed by atoms with Gasteiger partial charge in [0.05, 0.1) is 11.4 Å². The average molecular weight is 403 g/mol. The van der Waals surface area contributed by atoms with Gasteiger partial charge in [0.2, 0.25) is 5.91 Å². The van der Waals surface area contributed by atoms with Crippen molar-refractivity contribution in [3.8, 4) is 11.3 Å². The Morgan fingerprint density at radius 1 is 0.964 bits per heavy atom. The molecule has 3 rings (SSSR count). The number of halogens is 3. The highest BCUT2D eigenvalue weighted by atomic mass is 32.2. The molecule has 0 fully saturated rings. The zero-order valence-electron chi connectivity index (χ0n) is 14.6. The summed E-state index contributed by atoms with van der Waals surface area (Å²) in [6.07, 6.45) is -4.60. The number of alkyl halides is 3. The highest BCUT2D eigenvalue weighted by Gasteiger charge is 2.33. The third kappa shape index (κ3) is 5.56. The fourth-order valence-electron chi connectivity index (χ4n) is 2.37. The normalized spacial score (nSPS) is 11.2. The van der Waals surface area contributed by atoms with Crippen LogP contribution in [0.2, 0.25) is 0 Å². The van der Waals surface area contributed by atoms with Crippen molar-refractivity contribution in [3.05, 3.63) is 78.0 Å². The molecule has 0 radical (unpaired) electrons. The molecule has 0 saturated carbocycles. The van der Waals surface area contributed by atoms with E-state index in [4.69, 9.17) is 0 Å². The predicted molar refractivity (Wildman–Crippen MR) is 101 cm³/mol. The van der Waals surface area contributed by atoms with Crippen LogP contribution >= 0.6 is 11.8 Å². The number of benzene rings is 2. The lowest BCUT2D eigenvalue weighted by Gasteiger charge is -2.10. The number of hydrogen-bond acceptors (Lipinski definition) is 4. The van der Waals surface area contributed by atoms with E-state index < -0.39 is 11.9 Å². The maximum absolute atomic E-state index is 13.2. The molecule has 0 atom stereocenters.